The summed E-state index contributed by atoms with van der Waals surface area (Å²) in [5.74, 6) is -3.71. The SMILES string of the molecule is C.C=CC(CCC(=O)N1CCC(C(=O)NC[C@H](NC(=O)OCc2ccccc2)C(=O)O)CC1)NC1=NCCN1.C=CC(N)CCC(=O)N1CCC(C(=O)NC[C@H](NC(=O)OCc2ccccc2)C(=O)O)CC1.CC(=O)[C@H](CNC(=O)C1CCN(C(=O)C(C)CNC2=NCCN2)CC1)NC(=O)OCc1ccccc1.CC(CCNC1=NCCN1)C(=O)N1CCC(C(=O)N[C@@H](CC(=O)O)Cc2ccccc2)CC1. The zero-order chi connectivity index (χ0) is 101. The highest BCUT2D eigenvalue weighted by Crippen LogP contribution is 2.25. The molecule has 4 saturated heterocycles. The maximum Gasteiger partial charge on any atom is 0.408 e. The van der Waals surface area contributed by atoms with Crippen molar-refractivity contribution in [3.63, 3.8) is 0 Å². The van der Waals surface area contributed by atoms with Crippen molar-refractivity contribution in [1.82, 2.24) is 88.7 Å². The molecular formula is C99H143N21O21. The molecule has 7 aliphatic heterocycles. The fourth-order valence-electron chi connectivity index (χ4n) is 16.0. The number of aliphatic carboxylic acids is 3. The number of ketones is 1. The predicted molar refractivity (Wildman–Crippen MR) is 528 cm³/mol. The van der Waals surface area contributed by atoms with Crippen LogP contribution in [0.5, 0.6) is 0 Å². The second-order valence-corrected chi connectivity index (χ2v) is 35.1. The van der Waals surface area contributed by atoms with Gasteiger partial charge in [0.15, 0.2) is 23.7 Å². The quantitative estimate of drug-likeness (QED) is 0.0222. The first-order valence-corrected chi connectivity index (χ1v) is 47.9. The summed E-state index contributed by atoms with van der Waals surface area (Å²) in [7, 11) is 0. The molecule has 4 unspecified atom stereocenters. The Morgan fingerprint density at radius 1 is 0.440 bits per heavy atom. The summed E-state index contributed by atoms with van der Waals surface area (Å²) in [6, 6.07) is 32.4. The number of ether oxygens (including phenoxy) is 3. The van der Waals surface area contributed by atoms with E-state index in [9.17, 15) is 87.2 Å². The summed E-state index contributed by atoms with van der Waals surface area (Å²) in [4.78, 5) is 203. The summed E-state index contributed by atoms with van der Waals surface area (Å²) in [5, 5.41) is 64.9. The van der Waals surface area contributed by atoms with Crippen LogP contribution < -0.4 is 74.9 Å². The van der Waals surface area contributed by atoms with Crippen LogP contribution >= 0.6 is 0 Å². The van der Waals surface area contributed by atoms with E-state index in [2.05, 4.69) is 97.3 Å². The van der Waals surface area contributed by atoms with Gasteiger partial charge in [0.1, 0.15) is 37.9 Å². The lowest BCUT2D eigenvalue weighted by molar-refractivity contribution is -0.140. The van der Waals surface area contributed by atoms with Crippen molar-refractivity contribution in [2.45, 2.75) is 181 Å². The van der Waals surface area contributed by atoms with Gasteiger partial charge in [-0.05, 0) is 106 Å². The summed E-state index contributed by atoms with van der Waals surface area (Å²) < 4.78 is 15.3. The van der Waals surface area contributed by atoms with Gasteiger partial charge in [-0.25, -0.2) is 24.0 Å². The standard InChI is InChI=1S/C26H36N6O6.C25H36N6O5.C24H35N5O4.C23H32N4O6.CH4/c1-2-20(30-25-27-12-13-28-25)8-9-22(33)32-14-10-19(11-15-32)23(34)29-16-21(24(35)36)31-26(37)38-17-18-6-4-3-5-7-18;1-17(14-29-24-26-10-11-27-24)23(34)31-12-8-20(9-13-31)22(33)28-15-21(18(2)32)30-25(35)36-16-19-6-4-3-5-7-19;1-17(7-10-25-24-26-11-12-27-24)23(33)29-13-8-19(9-14-29)22(32)28-20(16-21(30)31)15-18-5-3-2-4-6-18;1-2-18(24)8-9-20(28)27-12-10-17(11-13-27)21(29)25-14-19(22(30)31)26-23(32)33-15-16-6-4-3-5-7-16;/h2-7,19-21H,1,8-17H2,(H,29,34)(H,31,37)(H,35,36)(H2,27,28,30);3-7,17,20-21H,8-16H2,1-2H3,(H,28,33)(H,30,35)(H2,26,27,29);2-6,17,19-20H,7-16H2,1H3,(H,28,32)(H,30,31)(H2,25,26,27);2-7,17-19H,1,8-15,24H2,(H,25,29)(H,26,32)(H,30,31);1H4/t20?,21-;17?,21-;17?,20-;18?,19-;/m0010./s1. The highest BCUT2D eigenvalue weighted by Gasteiger charge is 2.36. The van der Waals surface area contributed by atoms with Crippen LogP contribution in [0.15, 0.2) is 162 Å². The number of hydrogen-bond donors (Lipinski definition) is 17. The first kappa shape index (κ1) is 114. The molecule has 141 heavy (non-hydrogen) atoms. The summed E-state index contributed by atoms with van der Waals surface area (Å²) in [5.41, 5.74) is 9.10. The normalized spacial score (nSPS) is 16.9. The molecule has 7 heterocycles. The zero-order valence-electron chi connectivity index (χ0n) is 80.1. The molecule has 0 aliphatic carbocycles. The Hall–Kier alpha value is -14.2. The second kappa shape index (κ2) is 62.0. The summed E-state index contributed by atoms with van der Waals surface area (Å²) in [6.45, 7) is 21.9. The number of benzene rings is 4. The van der Waals surface area contributed by atoms with Gasteiger partial charge in [-0.2, -0.15) is 0 Å². The van der Waals surface area contributed by atoms with E-state index >= 15 is 0 Å². The van der Waals surface area contributed by atoms with Crippen LogP contribution in [-0.2, 0) is 98.0 Å². The second-order valence-electron chi connectivity index (χ2n) is 35.1. The van der Waals surface area contributed by atoms with Gasteiger partial charge in [0.05, 0.1) is 32.0 Å². The molecule has 4 fully saturated rings. The molecule has 0 aromatic heterocycles. The third kappa shape index (κ3) is 42.2. The Morgan fingerprint density at radius 3 is 1.16 bits per heavy atom. The van der Waals surface area contributed by atoms with Crippen molar-refractivity contribution in [3.05, 3.63) is 169 Å². The molecule has 4 aromatic carbocycles. The highest BCUT2D eigenvalue weighted by molar-refractivity contribution is 5.89. The number of rotatable bonds is 43. The fourth-order valence-corrected chi connectivity index (χ4v) is 16.0. The van der Waals surface area contributed by atoms with E-state index in [4.69, 9.17) is 19.9 Å². The number of Topliss-reactive ketones (excluding diaryl/α,β-unsaturated/α-hetero) is 1. The minimum absolute atomic E-state index is 0. The molecule has 0 saturated carbocycles. The highest BCUT2D eigenvalue weighted by atomic mass is 16.6. The van der Waals surface area contributed by atoms with E-state index in [-0.39, 0.29) is 154 Å². The third-order valence-electron chi connectivity index (χ3n) is 24.5. The molecule has 0 radical (unpaired) electrons. The number of carboxylic acid groups (broad SMARTS) is 3. The average Bonchev–Trinajstić information content (AvgIpc) is 0.974. The van der Waals surface area contributed by atoms with Gasteiger partial charge in [0.25, 0.3) is 0 Å². The van der Waals surface area contributed by atoms with Crippen LogP contribution in [-0.4, -0.2) is 303 Å². The van der Waals surface area contributed by atoms with Gasteiger partial charge >= 0.3 is 36.2 Å². The molecule has 11 amide bonds. The number of carbonyl (C=O) groups is 15. The van der Waals surface area contributed by atoms with Crippen LogP contribution in [0.1, 0.15) is 140 Å². The number of alkyl carbamates (subject to hydrolysis) is 3. The van der Waals surface area contributed by atoms with Gasteiger partial charge in [-0.1, -0.05) is 155 Å². The van der Waals surface area contributed by atoms with Gasteiger partial charge in [-0.15, -0.1) is 13.2 Å². The van der Waals surface area contributed by atoms with Crippen LogP contribution in [0.3, 0.4) is 0 Å². The van der Waals surface area contributed by atoms with Crippen LogP contribution in [0.2, 0.25) is 0 Å². The Balaban J connectivity index is 0.000000255. The molecule has 42 heteroatoms. The Kier molecular flexibility index (Phi) is 50.0. The Morgan fingerprint density at radius 2 is 0.794 bits per heavy atom. The van der Waals surface area contributed by atoms with E-state index in [0.29, 0.717) is 149 Å². The van der Waals surface area contributed by atoms with Crippen molar-refractivity contribution < 1.29 is 101 Å². The van der Waals surface area contributed by atoms with Crippen molar-refractivity contribution >= 4 is 107 Å². The Labute approximate surface area is 823 Å². The van der Waals surface area contributed by atoms with E-state index in [1.165, 1.54) is 6.92 Å². The van der Waals surface area contributed by atoms with Crippen molar-refractivity contribution in [2.24, 2.45) is 56.2 Å². The van der Waals surface area contributed by atoms with Crippen LogP contribution in [0, 0.1) is 35.5 Å². The molecule has 11 rings (SSSR count). The minimum atomic E-state index is -1.33. The minimum Gasteiger partial charge on any atom is -0.481 e. The summed E-state index contributed by atoms with van der Waals surface area (Å²) >= 11 is 0. The first-order chi connectivity index (χ1) is 67.4. The van der Waals surface area contributed by atoms with Gasteiger partial charge in [0.2, 0.25) is 47.3 Å². The van der Waals surface area contributed by atoms with Crippen molar-refractivity contribution in [2.75, 3.05) is 124 Å². The number of nitrogens with one attached hydrogen (secondary N) is 13. The number of likely N-dealkylation sites (tertiary alicyclic amines) is 4. The number of nitrogens with zero attached hydrogens (tertiary/aromatic N) is 7. The zero-order valence-corrected chi connectivity index (χ0v) is 80.1. The van der Waals surface area contributed by atoms with Crippen molar-refractivity contribution in [1.29, 1.82) is 0 Å². The van der Waals surface area contributed by atoms with E-state index in [1.807, 2.05) is 91.5 Å². The van der Waals surface area contributed by atoms with Gasteiger partial charge in [-0.3, -0.25) is 62.9 Å². The molecule has 7 aliphatic rings. The average molecular weight is 1960 g/mol. The number of carboxylic acids is 3. The first-order valence-electron chi connectivity index (χ1n) is 47.9. The predicted octanol–water partition coefficient (Wildman–Crippen LogP) is 3.67. The van der Waals surface area contributed by atoms with Crippen LogP contribution in [0.4, 0.5) is 14.4 Å². The van der Waals surface area contributed by atoms with Gasteiger partial charge < -0.3 is 124 Å². The number of hydrogen-bond acceptors (Lipinski definition) is 28. The molecule has 18 N–H and O–H groups in total. The molecule has 0 spiro atoms. The lowest BCUT2D eigenvalue weighted by Gasteiger charge is -2.33. The molecule has 4 aromatic rings. The number of nitrogens with two attached hydrogens (primary N) is 1. The maximum absolute atomic E-state index is 12.8. The van der Waals surface area contributed by atoms with E-state index < -0.39 is 60.4 Å². The lowest BCUT2D eigenvalue weighted by atomic mass is 9.93. The third-order valence-corrected chi connectivity index (χ3v) is 24.5. The molecule has 8 atom stereocenters. The number of piperidine rings is 4. The summed E-state index contributed by atoms with van der Waals surface area (Å²) in [6.07, 6.45) is 7.92. The number of carbonyl (C=O) groups excluding carboxylic acids is 12. The number of guanidine groups is 3. The smallest absolute Gasteiger partial charge is 0.408 e. The molecule has 42 nitrogen and oxygen atoms in total. The fraction of sp³-hybridized carbons (Fsp3) is 0.535. The topological polar surface area (TPSA) is 577 Å². The molecule has 0 bridgehead atoms. The van der Waals surface area contributed by atoms with Crippen LogP contribution in [0.25, 0.3) is 0 Å². The van der Waals surface area contributed by atoms with E-state index in [0.717, 1.165) is 85.8 Å². The van der Waals surface area contributed by atoms with E-state index in [1.54, 1.807) is 75.4 Å². The lowest BCUT2D eigenvalue weighted by Crippen LogP contribution is -2.50. The van der Waals surface area contributed by atoms with Gasteiger partial charge in [0, 0.05) is 165 Å². The molecular weight excluding hydrogens is 1820 g/mol. The number of aliphatic imine (C=N–C) groups is 3. The van der Waals surface area contributed by atoms with Crippen molar-refractivity contribution in [3.8, 4) is 0 Å². The number of amides is 11. The molecule has 770 valence electrons. The largest absolute Gasteiger partial charge is 0.481 e. The maximum atomic E-state index is 12.8. The Bertz CT molecular complexity index is 4800. The monoisotopic (exact) mass is 1960 g/mol.